The number of hydrogen-bond donors (Lipinski definition) is 7. The largest absolute Gasteiger partial charge is 0.383 e. The lowest BCUT2D eigenvalue weighted by molar-refractivity contribution is 0.793. The molecule has 0 aliphatic rings. The third-order valence-corrected chi connectivity index (χ3v) is 4.23. The number of benzene rings is 1. The molecule has 2 heterocycles. The molecule has 0 aliphatic heterocycles. The molecule has 14 heteroatoms. The van der Waals surface area contributed by atoms with E-state index < -0.39 is 0 Å². The van der Waals surface area contributed by atoms with Crippen molar-refractivity contribution < 1.29 is 0 Å². The van der Waals surface area contributed by atoms with E-state index in [0.717, 1.165) is 5.56 Å². The van der Waals surface area contributed by atoms with Gasteiger partial charge in [0, 0.05) is 17.7 Å². The molecule has 0 bridgehead atoms. The molecular formula is C20H30N14. The van der Waals surface area contributed by atoms with E-state index in [1.54, 1.807) is 12.1 Å². The van der Waals surface area contributed by atoms with Crippen LogP contribution in [-0.2, 0) is 6.42 Å². The normalized spacial score (nSPS) is 10.8. The van der Waals surface area contributed by atoms with Crippen LogP contribution in [0.1, 0.15) is 43.6 Å². The first-order valence-corrected chi connectivity index (χ1v) is 10.5. The SMILES string of the molecule is CC.N=C(CCCc1nc(N)nc(N)n1)c1ccc(C(N)=NCNc2nc(N)nc(N)n2)cc1. The van der Waals surface area contributed by atoms with Gasteiger partial charge in [-0.2, -0.15) is 29.9 Å². The summed E-state index contributed by atoms with van der Waals surface area (Å²) >= 11 is 0. The van der Waals surface area contributed by atoms with E-state index in [1.165, 1.54) is 0 Å². The van der Waals surface area contributed by atoms with Crippen LogP contribution in [0.25, 0.3) is 0 Å². The van der Waals surface area contributed by atoms with Gasteiger partial charge in [0.2, 0.25) is 29.7 Å². The molecular weight excluding hydrogens is 436 g/mol. The number of nitrogens with two attached hydrogens (primary N) is 5. The first kappa shape index (κ1) is 25.6. The maximum atomic E-state index is 8.29. The average molecular weight is 467 g/mol. The number of nitrogen functional groups attached to an aromatic ring is 4. The summed E-state index contributed by atoms with van der Waals surface area (Å²) in [6.07, 6.45) is 1.75. The molecule has 180 valence electrons. The van der Waals surface area contributed by atoms with Crippen molar-refractivity contribution in [2.45, 2.75) is 33.1 Å². The second-order valence-electron chi connectivity index (χ2n) is 6.63. The summed E-state index contributed by atoms with van der Waals surface area (Å²) in [5.74, 6) is 1.24. The number of hydrogen-bond acceptors (Lipinski definition) is 13. The molecule has 1 aromatic carbocycles. The lowest BCUT2D eigenvalue weighted by Crippen LogP contribution is -2.17. The highest BCUT2D eigenvalue weighted by Gasteiger charge is 2.07. The standard InChI is InChI=1S/C18H24N14.C2H6/c19-11(2-1-3-12-27-14(21)29-15(22)28-12)9-4-6-10(7-5-9)13(20)25-8-26-18-31-16(23)30-17(24)32-18;1-2/h4-7,19H,1-3,8H2,(H2,20,25)(H4,21,22,27,28,29)(H5,23,24,26,30,31,32);1-2H3. The van der Waals surface area contributed by atoms with Crippen LogP contribution in [-0.4, -0.2) is 48.1 Å². The lowest BCUT2D eigenvalue weighted by atomic mass is 10.0. The monoisotopic (exact) mass is 466 g/mol. The zero-order chi connectivity index (χ0) is 25.1. The van der Waals surface area contributed by atoms with Crippen LogP contribution in [0.2, 0.25) is 0 Å². The van der Waals surface area contributed by atoms with Crippen molar-refractivity contribution in [1.82, 2.24) is 29.9 Å². The summed E-state index contributed by atoms with van der Waals surface area (Å²) in [5, 5.41) is 11.1. The van der Waals surface area contributed by atoms with E-state index >= 15 is 0 Å². The van der Waals surface area contributed by atoms with Gasteiger partial charge in [-0.15, -0.1) is 0 Å². The number of aliphatic imine (C=N–C) groups is 1. The quantitative estimate of drug-likeness (QED) is 0.169. The van der Waals surface area contributed by atoms with Gasteiger partial charge in [0.05, 0.1) is 0 Å². The van der Waals surface area contributed by atoms with Crippen molar-refractivity contribution in [3.63, 3.8) is 0 Å². The van der Waals surface area contributed by atoms with Crippen LogP contribution in [0, 0.1) is 5.41 Å². The molecule has 3 rings (SSSR count). The summed E-state index contributed by atoms with van der Waals surface area (Å²) in [7, 11) is 0. The van der Waals surface area contributed by atoms with Crippen molar-refractivity contribution in [2.24, 2.45) is 10.7 Å². The zero-order valence-corrected chi connectivity index (χ0v) is 19.2. The third kappa shape index (κ3) is 7.81. The minimum Gasteiger partial charge on any atom is -0.383 e. The maximum absolute atomic E-state index is 8.29. The highest BCUT2D eigenvalue weighted by Crippen LogP contribution is 2.11. The Balaban J connectivity index is 0.00000199. The molecule has 0 radical (unpaired) electrons. The smallest absolute Gasteiger partial charge is 0.230 e. The molecule has 0 aliphatic carbocycles. The number of aryl methyl sites for hydroxylation is 1. The topological polar surface area (TPSA) is 256 Å². The van der Waals surface area contributed by atoms with Crippen LogP contribution in [0.3, 0.4) is 0 Å². The predicted molar refractivity (Wildman–Crippen MR) is 134 cm³/mol. The Labute approximate surface area is 197 Å². The minimum absolute atomic E-state index is 0.0107. The summed E-state index contributed by atoms with van der Waals surface area (Å²) in [6.45, 7) is 4.12. The van der Waals surface area contributed by atoms with E-state index in [0.29, 0.717) is 42.2 Å². The Morgan fingerprint density at radius 2 is 1.32 bits per heavy atom. The van der Waals surface area contributed by atoms with Crippen LogP contribution in [0.15, 0.2) is 29.3 Å². The first-order valence-electron chi connectivity index (χ1n) is 10.5. The fraction of sp³-hybridized carbons (Fsp3) is 0.300. The van der Waals surface area contributed by atoms with Gasteiger partial charge in [-0.1, -0.05) is 38.1 Å². The van der Waals surface area contributed by atoms with Gasteiger partial charge in [0.15, 0.2) is 0 Å². The van der Waals surface area contributed by atoms with Crippen LogP contribution >= 0.6 is 0 Å². The van der Waals surface area contributed by atoms with Crippen molar-refractivity contribution >= 4 is 41.3 Å². The van der Waals surface area contributed by atoms with Crippen molar-refractivity contribution in [1.29, 1.82) is 5.41 Å². The average Bonchev–Trinajstić information content (AvgIpc) is 2.79. The number of aromatic nitrogens is 6. The van der Waals surface area contributed by atoms with Crippen LogP contribution < -0.4 is 34.0 Å². The summed E-state index contributed by atoms with van der Waals surface area (Å²) in [4.78, 5) is 27.5. The second kappa shape index (κ2) is 12.4. The number of amidine groups is 1. The minimum atomic E-state index is 0.0107. The highest BCUT2D eigenvalue weighted by atomic mass is 15.2. The summed E-state index contributed by atoms with van der Waals surface area (Å²) < 4.78 is 0. The van der Waals surface area contributed by atoms with Gasteiger partial charge in [0.25, 0.3) is 0 Å². The molecule has 3 aromatic rings. The van der Waals surface area contributed by atoms with Crippen molar-refractivity contribution in [3.05, 3.63) is 41.2 Å². The van der Waals surface area contributed by atoms with E-state index in [4.69, 9.17) is 34.1 Å². The number of nitrogens with one attached hydrogen (secondary N) is 2. The van der Waals surface area contributed by atoms with Gasteiger partial charge in [-0.05, 0) is 18.4 Å². The number of rotatable bonds is 9. The second-order valence-corrected chi connectivity index (χ2v) is 6.63. The molecule has 0 unspecified atom stereocenters. The molecule has 2 aromatic heterocycles. The molecule has 0 amide bonds. The van der Waals surface area contributed by atoms with Crippen molar-refractivity contribution in [3.8, 4) is 0 Å². The van der Waals surface area contributed by atoms with E-state index in [2.05, 4.69) is 40.2 Å². The van der Waals surface area contributed by atoms with E-state index in [-0.39, 0.29) is 36.4 Å². The first-order chi connectivity index (χ1) is 16.3. The van der Waals surface area contributed by atoms with Crippen LogP contribution in [0.5, 0.6) is 0 Å². The lowest BCUT2D eigenvalue weighted by Gasteiger charge is -2.07. The van der Waals surface area contributed by atoms with Gasteiger partial charge in [-0.25, -0.2) is 4.99 Å². The molecule has 34 heavy (non-hydrogen) atoms. The molecule has 0 saturated carbocycles. The Hall–Kier alpha value is -4.62. The predicted octanol–water partition coefficient (Wildman–Crippen LogP) is 0.577. The Bertz CT molecular complexity index is 1090. The summed E-state index contributed by atoms with van der Waals surface area (Å²) in [5.41, 5.74) is 30.2. The van der Waals surface area contributed by atoms with Gasteiger partial charge in [-0.3, -0.25) is 0 Å². The van der Waals surface area contributed by atoms with Gasteiger partial charge >= 0.3 is 0 Å². The third-order valence-electron chi connectivity index (χ3n) is 4.23. The molecule has 12 N–H and O–H groups in total. The fourth-order valence-corrected chi connectivity index (χ4v) is 2.75. The molecule has 0 saturated heterocycles. The van der Waals surface area contributed by atoms with E-state index in [1.807, 2.05) is 26.0 Å². The van der Waals surface area contributed by atoms with Gasteiger partial charge < -0.3 is 39.4 Å². The number of nitrogens with zero attached hydrogens (tertiary/aromatic N) is 7. The highest BCUT2D eigenvalue weighted by molar-refractivity contribution is 6.01. The molecule has 0 atom stereocenters. The Morgan fingerprint density at radius 3 is 1.88 bits per heavy atom. The van der Waals surface area contributed by atoms with Crippen molar-refractivity contribution in [2.75, 3.05) is 34.9 Å². The maximum Gasteiger partial charge on any atom is 0.230 e. The Morgan fingerprint density at radius 1 is 0.824 bits per heavy atom. The summed E-state index contributed by atoms with van der Waals surface area (Å²) in [6, 6.07) is 7.24. The fourth-order valence-electron chi connectivity index (χ4n) is 2.75. The van der Waals surface area contributed by atoms with Gasteiger partial charge in [0.1, 0.15) is 18.3 Å². The zero-order valence-electron chi connectivity index (χ0n) is 19.2. The molecule has 0 spiro atoms. The Kier molecular flexibility index (Phi) is 9.37. The van der Waals surface area contributed by atoms with Crippen LogP contribution in [0.4, 0.5) is 29.7 Å². The molecule has 0 fully saturated rings. The number of anilines is 5. The van der Waals surface area contributed by atoms with E-state index in [9.17, 15) is 0 Å². The molecule has 14 nitrogen and oxygen atoms in total.